The summed E-state index contributed by atoms with van der Waals surface area (Å²) in [5.41, 5.74) is 1.90. The van der Waals surface area contributed by atoms with Gasteiger partial charge in [0.2, 0.25) is 5.91 Å². The first kappa shape index (κ1) is 16.4. The van der Waals surface area contributed by atoms with Crippen molar-refractivity contribution in [3.63, 3.8) is 0 Å². The molecule has 3 aromatic rings. The predicted octanol–water partition coefficient (Wildman–Crippen LogP) is 1.31. The Balaban J connectivity index is 1.49. The van der Waals surface area contributed by atoms with Crippen LogP contribution in [0.2, 0.25) is 0 Å². The smallest absolute Gasteiger partial charge is 0.273 e. The van der Waals surface area contributed by atoms with Crippen molar-refractivity contribution < 1.29 is 9.59 Å². The number of carbonyl (C=O) groups excluding carboxylic acids is 2. The van der Waals surface area contributed by atoms with E-state index in [1.54, 1.807) is 0 Å². The maximum Gasteiger partial charge on any atom is 0.273 e. The number of benzene rings is 2. The van der Waals surface area contributed by atoms with E-state index in [1.807, 2.05) is 60.7 Å². The van der Waals surface area contributed by atoms with Crippen molar-refractivity contribution in [2.75, 3.05) is 6.54 Å². The lowest BCUT2D eigenvalue weighted by atomic mass is 10.2. The molecule has 0 unspecified atom stereocenters. The first-order valence-electron chi connectivity index (χ1n) is 7.79. The van der Waals surface area contributed by atoms with Crippen LogP contribution in [0.15, 0.2) is 66.9 Å². The third-order valence-electron chi connectivity index (χ3n) is 3.45. The molecule has 2 N–H and O–H groups in total. The molecule has 0 aliphatic rings. The summed E-state index contributed by atoms with van der Waals surface area (Å²) < 4.78 is 0. The number of hydrogen-bond acceptors (Lipinski definition) is 4. The summed E-state index contributed by atoms with van der Waals surface area (Å²) >= 11 is 0. The SMILES string of the molecule is O=C(CNC(=O)c1cnn(-c2ccccc2)n1)NCc1ccccc1. The van der Waals surface area contributed by atoms with Gasteiger partial charge in [-0.1, -0.05) is 48.5 Å². The van der Waals surface area contributed by atoms with Gasteiger partial charge in [0.15, 0.2) is 5.69 Å². The first-order valence-corrected chi connectivity index (χ1v) is 7.79. The molecular formula is C18H17N5O2. The van der Waals surface area contributed by atoms with Gasteiger partial charge >= 0.3 is 0 Å². The minimum atomic E-state index is -0.447. The Morgan fingerprint density at radius 3 is 2.32 bits per heavy atom. The second-order valence-electron chi connectivity index (χ2n) is 5.30. The van der Waals surface area contributed by atoms with Crippen LogP contribution in [0.5, 0.6) is 0 Å². The van der Waals surface area contributed by atoms with Gasteiger partial charge in [0, 0.05) is 6.54 Å². The molecule has 3 rings (SSSR count). The Bertz CT molecular complexity index is 846. The van der Waals surface area contributed by atoms with Crippen LogP contribution < -0.4 is 10.6 Å². The van der Waals surface area contributed by atoms with E-state index in [9.17, 15) is 9.59 Å². The monoisotopic (exact) mass is 335 g/mol. The molecule has 7 heteroatoms. The lowest BCUT2D eigenvalue weighted by Gasteiger charge is -2.06. The maximum absolute atomic E-state index is 12.1. The number of rotatable bonds is 6. The van der Waals surface area contributed by atoms with Crippen molar-refractivity contribution in [2.45, 2.75) is 6.54 Å². The zero-order valence-corrected chi connectivity index (χ0v) is 13.4. The highest BCUT2D eigenvalue weighted by atomic mass is 16.2. The van der Waals surface area contributed by atoms with Crippen molar-refractivity contribution in [3.8, 4) is 5.69 Å². The third kappa shape index (κ3) is 4.51. The molecule has 0 aliphatic heterocycles. The second kappa shape index (κ2) is 7.87. The van der Waals surface area contributed by atoms with E-state index < -0.39 is 5.91 Å². The summed E-state index contributed by atoms with van der Waals surface area (Å²) in [5.74, 6) is -0.718. The van der Waals surface area contributed by atoms with Gasteiger partial charge in [0.1, 0.15) is 0 Å². The molecule has 0 spiro atoms. The van der Waals surface area contributed by atoms with E-state index in [0.717, 1.165) is 11.3 Å². The molecule has 0 atom stereocenters. The number of nitrogens with one attached hydrogen (secondary N) is 2. The van der Waals surface area contributed by atoms with Gasteiger partial charge in [-0.3, -0.25) is 9.59 Å². The summed E-state index contributed by atoms with van der Waals surface area (Å²) in [4.78, 5) is 25.2. The fourth-order valence-corrected chi connectivity index (χ4v) is 2.16. The molecule has 126 valence electrons. The average Bonchev–Trinajstić information content (AvgIpc) is 3.16. The average molecular weight is 335 g/mol. The Hall–Kier alpha value is -3.48. The number of amides is 2. The zero-order valence-electron chi connectivity index (χ0n) is 13.4. The standard InChI is InChI=1S/C18H17N5O2/c24-17(19-11-14-7-3-1-4-8-14)13-20-18(25)16-12-21-23(22-16)15-9-5-2-6-10-15/h1-10,12H,11,13H2,(H,19,24)(H,20,25). The van der Waals surface area contributed by atoms with Crippen LogP contribution in [0.25, 0.3) is 5.69 Å². The minimum absolute atomic E-state index is 0.121. The van der Waals surface area contributed by atoms with E-state index in [0.29, 0.717) is 6.54 Å². The number of nitrogens with zero attached hydrogens (tertiary/aromatic N) is 3. The van der Waals surface area contributed by atoms with Crippen LogP contribution in [0.1, 0.15) is 16.1 Å². The van der Waals surface area contributed by atoms with Gasteiger partial charge in [-0.2, -0.15) is 9.90 Å². The lowest BCUT2D eigenvalue weighted by molar-refractivity contribution is -0.120. The molecule has 25 heavy (non-hydrogen) atoms. The largest absolute Gasteiger partial charge is 0.350 e. The summed E-state index contributed by atoms with van der Waals surface area (Å²) in [6.45, 7) is 0.295. The molecular weight excluding hydrogens is 318 g/mol. The van der Waals surface area contributed by atoms with Crippen LogP contribution >= 0.6 is 0 Å². The Kier molecular flexibility index (Phi) is 5.16. The molecule has 1 aromatic heterocycles. The lowest BCUT2D eigenvalue weighted by Crippen LogP contribution is -2.36. The van der Waals surface area contributed by atoms with Crippen LogP contribution in [0.4, 0.5) is 0 Å². The molecule has 0 fully saturated rings. The first-order chi connectivity index (χ1) is 12.2. The number of para-hydroxylation sites is 1. The third-order valence-corrected chi connectivity index (χ3v) is 3.45. The van der Waals surface area contributed by atoms with Crippen molar-refractivity contribution in [2.24, 2.45) is 0 Å². The van der Waals surface area contributed by atoms with E-state index in [1.165, 1.54) is 11.0 Å². The van der Waals surface area contributed by atoms with E-state index in [2.05, 4.69) is 20.8 Å². The van der Waals surface area contributed by atoms with Crippen LogP contribution in [-0.4, -0.2) is 33.4 Å². The number of aromatic nitrogens is 3. The molecule has 2 amide bonds. The highest BCUT2D eigenvalue weighted by molar-refractivity contribution is 5.94. The van der Waals surface area contributed by atoms with Crippen molar-refractivity contribution in [1.29, 1.82) is 0 Å². The summed E-state index contributed by atoms with van der Waals surface area (Å²) in [6.07, 6.45) is 1.37. The Morgan fingerprint density at radius 1 is 0.920 bits per heavy atom. The summed E-state index contributed by atoms with van der Waals surface area (Å²) in [5, 5.41) is 13.4. The zero-order chi connectivity index (χ0) is 17.5. The van der Waals surface area contributed by atoms with Crippen molar-refractivity contribution >= 4 is 11.8 Å². The maximum atomic E-state index is 12.1. The summed E-state index contributed by atoms with van der Waals surface area (Å²) in [6, 6.07) is 18.8. The fraction of sp³-hybridized carbons (Fsp3) is 0.111. The second-order valence-corrected chi connectivity index (χ2v) is 5.30. The molecule has 7 nitrogen and oxygen atoms in total. The molecule has 1 heterocycles. The number of carbonyl (C=O) groups is 2. The minimum Gasteiger partial charge on any atom is -0.350 e. The molecule has 0 bridgehead atoms. The van der Waals surface area contributed by atoms with Crippen LogP contribution in [0, 0.1) is 0 Å². The molecule has 2 aromatic carbocycles. The molecule has 0 radical (unpaired) electrons. The van der Waals surface area contributed by atoms with Crippen LogP contribution in [0.3, 0.4) is 0 Å². The molecule has 0 aliphatic carbocycles. The van der Waals surface area contributed by atoms with Crippen molar-refractivity contribution in [3.05, 3.63) is 78.1 Å². The number of hydrogen-bond donors (Lipinski definition) is 2. The Labute approximate surface area is 144 Å². The van der Waals surface area contributed by atoms with Gasteiger partial charge in [0.25, 0.3) is 5.91 Å². The highest BCUT2D eigenvalue weighted by Crippen LogP contribution is 2.04. The van der Waals surface area contributed by atoms with E-state index in [4.69, 9.17) is 0 Å². The van der Waals surface area contributed by atoms with Crippen LogP contribution in [-0.2, 0) is 11.3 Å². The molecule has 0 saturated carbocycles. The van der Waals surface area contributed by atoms with Gasteiger partial charge in [-0.25, -0.2) is 0 Å². The normalized spacial score (nSPS) is 10.2. The Morgan fingerprint density at radius 2 is 1.60 bits per heavy atom. The van der Waals surface area contributed by atoms with Gasteiger partial charge in [0.05, 0.1) is 18.4 Å². The predicted molar refractivity (Wildman–Crippen MR) is 92.0 cm³/mol. The van der Waals surface area contributed by atoms with Gasteiger partial charge < -0.3 is 10.6 Å². The molecule has 0 saturated heterocycles. The van der Waals surface area contributed by atoms with Crippen molar-refractivity contribution in [1.82, 2.24) is 25.6 Å². The topological polar surface area (TPSA) is 88.9 Å². The van der Waals surface area contributed by atoms with Gasteiger partial charge in [-0.05, 0) is 17.7 Å². The van der Waals surface area contributed by atoms with E-state index in [-0.39, 0.29) is 18.1 Å². The van der Waals surface area contributed by atoms with E-state index >= 15 is 0 Å². The quantitative estimate of drug-likeness (QED) is 0.711. The summed E-state index contributed by atoms with van der Waals surface area (Å²) in [7, 11) is 0. The van der Waals surface area contributed by atoms with Gasteiger partial charge in [-0.15, -0.1) is 5.10 Å². The highest BCUT2D eigenvalue weighted by Gasteiger charge is 2.12. The fourth-order valence-electron chi connectivity index (χ4n) is 2.16.